The summed E-state index contributed by atoms with van der Waals surface area (Å²) in [6, 6.07) is 6.36. The average Bonchev–Trinajstić information content (AvgIpc) is 2.57. The van der Waals surface area contributed by atoms with Gasteiger partial charge in [0.25, 0.3) is 5.91 Å². The van der Waals surface area contributed by atoms with Gasteiger partial charge >= 0.3 is 0 Å². The molecule has 0 spiro atoms. The number of ether oxygens (including phenoxy) is 1. The highest BCUT2D eigenvalue weighted by Crippen LogP contribution is 2.38. The van der Waals surface area contributed by atoms with Crippen molar-refractivity contribution >= 4 is 5.91 Å². The minimum Gasteiger partial charge on any atom is -0.507 e. The molecule has 1 unspecified atom stereocenters. The lowest BCUT2D eigenvalue weighted by Crippen LogP contribution is -2.41. The van der Waals surface area contributed by atoms with Crippen LogP contribution in [0.2, 0.25) is 0 Å². The molecule has 0 bridgehead atoms. The summed E-state index contributed by atoms with van der Waals surface area (Å²) >= 11 is 0. The van der Waals surface area contributed by atoms with Crippen LogP contribution in [-0.2, 0) is 0 Å². The van der Waals surface area contributed by atoms with Crippen molar-refractivity contribution in [2.24, 2.45) is 5.92 Å². The molecule has 1 aromatic carbocycles. The molecule has 1 saturated carbocycles. The highest BCUT2D eigenvalue weighted by molar-refractivity contribution is 5.97. The van der Waals surface area contributed by atoms with E-state index < -0.39 is 17.5 Å². The molecule has 1 amide bonds. The second-order valence-electron chi connectivity index (χ2n) is 6.13. The molecule has 25 heavy (non-hydrogen) atoms. The Kier molecular flexibility index (Phi) is 4.85. The van der Waals surface area contributed by atoms with E-state index in [1.165, 1.54) is 13.2 Å². The van der Waals surface area contributed by atoms with Crippen LogP contribution in [0.4, 0.5) is 4.39 Å². The number of phenols is 1. The Morgan fingerprint density at radius 1 is 1.36 bits per heavy atom. The van der Waals surface area contributed by atoms with E-state index in [2.05, 4.69) is 10.3 Å². The lowest BCUT2D eigenvalue weighted by molar-refractivity contribution is 0.0234. The van der Waals surface area contributed by atoms with Crippen LogP contribution in [0.1, 0.15) is 34.8 Å². The Morgan fingerprint density at radius 2 is 2.12 bits per heavy atom. The fraction of sp³-hybridized carbons (Fsp3) is 0.333. The third kappa shape index (κ3) is 3.71. The fourth-order valence-corrected chi connectivity index (χ4v) is 2.99. The van der Waals surface area contributed by atoms with Crippen molar-refractivity contribution in [2.75, 3.05) is 7.11 Å². The number of amides is 1. The van der Waals surface area contributed by atoms with Crippen LogP contribution in [0.25, 0.3) is 0 Å². The smallest absolute Gasteiger partial charge is 0.255 e. The van der Waals surface area contributed by atoms with E-state index in [1.807, 2.05) is 0 Å². The third-order valence-corrected chi connectivity index (χ3v) is 4.44. The first-order valence-corrected chi connectivity index (χ1v) is 7.95. The van der Waals surface area contributed by atoms with Crippen molar-refractivity contribution in [3.63, 3.8) is 0 Å². The van der Waals surface area contributed by atoms with Crippen LogP contribution in [0.5, 0.6) is 11.6 Å². The number of benzene rings is 1. The molecule has 0 radical (unpaired) electrons. The van der Waals surface area contributed by atoms with E-state index in [0.29, 0.717) is 18.7 Å². The van der Waals surface area contributed by atoms with Crippen LogP contribution < -0.4 is 10.1 Å². The zero-order valence-electron chi connectivity index (χ0n) is 13.6. The maximum absolute atomic E-state index is 13.1. The van der Waals surface area contributed by atoms with Crippen LogP contribution in [-0.4, -0.2) is 34.3 Å². The molecule has 7 heteroatoms. The number of carbonyl (C=O) groups is 1. The number of rotatable bonds is 5. The number of aliphatic hydroxyl groups is 1. The van der Waals surface area contributed by atoms with Gasteiger partial charge in [-0.1, -0.05) is 6.07 Å². The number of nitrogens with zero attached hydrogens (tertiary/aromatic N) is 1. The predicted molar refractivity (Wildman–Crippen MR) is 87.8 cm³/mol. The molecule has 1 fully saturated rings. The van der Waals surface area contributed by atoms with Gasteiger partial charge in [0.15, 0.2) is 0 Å². The van der Waals surface area contributed by atoms with Crippen molar-refractivity contribution < 1.29 is 24.1 Å². The molecule has 1 aromatic heterocycles. The van der Waals surface area contributed by atoms with Gasteiger partial charge in [0, 0.05) is 18.3 Å². The van der Waals surface area contributed by atoms with Gasteiger partial charge in [-0.2, -0.15) is 0 Å². The van der Waals surface area contributed by atoms with Crippen molar-refractivity contribution in [2.45, 2.75) is 25.0 Å². The number of halogens is 1. The Hall–Kier alpha value is -2.67. The number of nitrogens with one attached hydrogen (secondary N) is 1. The van der Waals surface area contributed by atoms with Crippen molar-refractivity contribution in [1.29, 1.82) is 0 Å². The van der Waals surface area contributed by atoms with Crippen molar-refractivity contribution in [3.8, 4) is 11.6 Å². The molecular weight excluding hydrogens is 327 g/mol. The largest absolute Gasteiger partial charge is 0.507 e. The molecule has 1 heterocycles. The zero-order chi connectivity index (χ0) is 18.0. The fourth-order valence-electron chi connectivity index (χ4n) is 2.99. The maximum Gasteiger partial charge on any atom is 0.255 e. The normalized spacial score (nSPS) is 20.4. The molecular formula is C18H19FN2O4. The second-order valence-corrected chi connectivity index (χ2v) is 6.13. The lowest BCUT2D eigenvalue weighted by atomic mass is 9.75. The molecule has 3 N–H and O–H groups in total. The average molecular weight is 346 g/mol. The van der Waals surface area contributed by atoms with Gasteiger partial charge in [-0.15, -0.1) is 0 Å². The summed E-state index contributed by atoms with van der Waals surface area (Å²) in [4.78, 5) is 16.7. The standard InChI is InChI=1S/C18H19FN2O4/c1-25-16-5-2-10(9-20-16)17(11-6-13(22)7-11)21-18(24)14-4-3-12(19)8-15(14)23/h2-5,8-9,11,13,17,22-23H,6-7H2,1H3,(H,21,24). The van der Waals surface area contributed by atoms with Gasteiger partial charge in [-0.3, -0.25) is 4.79 Å². The van der Waals surface area contributed by atoms with Crippen LogP contribution >= 0.6 is 0 Å². The molecule has 1 aliphatic carbocycles. The van der Waals surface area contributed by atoms with E-state index in [0.717, 1.165) is 17.7 Å². The number of aromatic hydroxyl groups is 1. The molecule has 2 aromatic rings. The third-order valence-electron chi connectivity index (χ3n) is 4.44. The first-order valence-electron chi connectivity index (χ1n) is 7.95. The zero-order valence-corrected chi connectivity index (χ0v) is 13.6. The van der Waals surface area contributed by atoms with Gasteiger partial charge in [0.2, 0.25) is 5.88 Å². The second kappa shape index (κ2) is 7.06. The Labute approximate surface area is 144 Å². The highest BCUT2D eigenvalue weighted by Gasteiger charge is 2.36. The summed E-state index contributed by atoms with van der Waals surface area (Å²) in [6.07, 6.45) is 2.35. The molecule has 0 aliphatic heterocycles. The van der Waals surface area contributed by atoms with E-state index in [9.17, 15) is 19.4 Å². The summed E-state index contributed by atoms with van der Waals surface area (Å²) in [6.45, 7) is 0. The monoisotopic (exact) mass is 346 g/mol. The summed E-state index contributed by atoms with van der Waals surface area (Å²) in [5, 5.41) is 22.2. The summed E-state index contributed by atoms with van der Waals surface area (Å²) in [7, 11) is 1.51. The van der Waals surface area contributed by atoms with Gasteiger partial charge < -0.3 is 20.3 Å². The molecule has 132 valence electrons. The number of phenolic OH excluding ortho intramolecular Hbond substituents is 1. The minimum atomic E-state index is -0.618. The minimum absolute atomic E-state index is 0.00672. The number of pyridine rings is 1. The van der Waals surface area contributed by atoms with E-state index in [-0.39, 0.29) is 23.6 Å². The lowest BCUT2D eigenvalue weighted by Gasteiger charge is -2.38. The molecule has 0 saturated heterocycles. The molecule has 6 nitrogen and oxygen atoms in total. The maximum atomic E-state index is 13.1. The number of hydrogen-bond acceptors (Lipinski definition) is 5. The molecule has 1 atom stereocenters. The number of methoxy groups -OCH3 is 1. The van der Waals surface area contributed by atoms with Crippen LogP contribution in [0.15, 0.2) is 36.5 Å². The quantitative estimate of drug-likeness (QED) is 0.772. The van der Waals surface area contributed by atoms with E-state index in [1.54, 1.807) is 18.3 Å². The van der Waals surface area contributed by atoms with E-state index in [4.69, 9.17) is 4.74 Å². The number of carbonyl (C=O) groups excluding carboxylic acids is 1. The summed E-state index contributed by atoms with van der Waals surface area (Å²) in [5.41, 5.74) is 0.764. The van der Waals surface area contributed by atoms with Crippen molar-refractivity contribution in [1.82, 2.24) is 10.3 Å². The van der Waals surface area contributed by atoms with E-state index >= 15 is 0 Å². The van der Waals surface area contributed by atoms with Crippen LogP contribution in [0.3, 0.4) is 0 Å². The first kappa shape index (κ1) is 17.2. The van der Waals surface area contributed by atoms with Gasteiger partial charge in [-0.25, -0.2) is 9.37 Å². The summed E-state index contributed by atoms with van der Waals surface area (Å²) < 4.78 is 18.1. The topological polar surface area (TPSA) is 91.7 Å². The SMILES string of the molecule is COc1ccc(C(NC(=O)c2ccc(F)cc2O)C2CC(O)C2)cn1. The first-order chi connectivity index (χ1) is 12.0. The number of aromatic nitrogens is 1. The van der Waals surface area contributed by atoms with Gasteiger partial charge in [-0.05, 0) is 36.5 Å². The van der Waals surface area contributed by atoms with Crippen LogP contribution in [0, 0.1) is 11.7 Å². The van der Waals surface area contributed by atoms with Gasteiger partial charge in [0.05, 0.1) is 24.8 Å². The summed E-state index contributed by atoms with van der Waals surface area (Å²) in [5.74, 6) is -1.04. The predicted octanol–water partition coefficient (Wildman–Crippen LogP) is 2.18. The Balaban J connectivity index is 1.83. The number of hydrogen-bond donors (Lipinski definition) is 3. The number of aliphatic hydroxyl groups excluding tert-OH is 1. The molecule has 1 aliphatic rings. The van der Waals surface area contributed by atoms with Gasteiger partial charge in [0.1, 0.15) is 11.6 Å². The Bertz CT molecular complexity index is 760. The van der Waals surface area contributed by atoms with Crippen molar-refractivity contribution in [3.05, 3.63) is 53.5 Å². The Morgan fingerprint density at radius 3 is 2.68 bits per heavy atom. The molecule has 3 rings (SSSR count). The highest BCUT2D eigenvalue weighted by atomic mass is 19.1.